The van der Waals surface area contributed by atoms with Crippen LogP contribution in [0.5, 0.6) is 0 Å². The molecule has 1 unspecified atom stereocenters. The minimum absolute atomic E-state index is 0.0467. The topological polar surface area (TPSA) is 57.6 Å². The number of nitrogens with one attached hydrogen (secondary N) is 1. The first-order valence-electron chi connectivity index (χ1n) is 16.2. The summed E-state index contributed by atoms with van der Waals surface area (Å²) in [7, 11) is 2.05. The maximum atomic E-state index is 14.3. The van der Waals surface area contributed by atoms with Crippen LogP contribution < -0.4 is 10.9 Å². The van der Waals surface area contributed by atoms with E-state index in [1.807, 2.05) is 29.9 Å². The molecule has 6 heteroatoms. The monoisotopic (exact) mass is 568 g/mol. The van der Waals surface area contributed by atoms with Gasteiger partial charge in [-0.25, -0.2) is 4.79 Å². The van der Waals surface area contributed by atoms with Crippen molar-refractivity contribution in [3.05, 3.63) is 82.8 Å². The van der Waals surface area contributed by atoms with Crippen LogP contribution in [-0.4, -0.2) is 59.2 Å². The Morgan fingerprint density at radius 2 is 1.88 bits per heavy atom. The van der Waals surface area contributed by atoms with Crippen LogP contribution in [0.25, 0.3) is 11.1 Å². The average Bonchev–Trinajstić information content (AvgIpc) is 3.47. The Balaban J connectivity index is 1.20. The number of allylic oxidation sites excluding steroid dienone is 3. The summed E-state index contributed by atoms with van der Waals surface area (Å²) >= 11 is 0. The van der Waals surface area contributed by atoms with Crippen molar-refractivity contribution >= 4 is 6.03 Å². The number of carbonyl (C=O) groups is 1. The van der Waals surface area contributed by atoms with Gasteiger partial charge in [0.15, 0.2) is 0 Å². The van der Waals surface area contributed by atoms with Crippen molar-refractivity contribution in [2.24, 2.45) is 16.7 Å². The Hall–Kier alpha value is -3.12. The molecule has 3 heterocycles. The molecule has 2 aliphatic heterocycles. The van der Waals surface area contributed by atoms with E-state index in [0.717, 1.165) is 75.8 Å². The lowest BCUT2D eigenvalue weighted by molar-refractivity contribution is 0.0104. The van der Waals surface area contributed by atoms with Gasteiger partial charge in [0.05, 0.1) is 0 Å². The number of aromatic nitrogens is 1. The Kier molecular flexibility index (Phi) is 8.19. The molecule has 3 fully saturated rings. The fourth-order valence-corrected chi connectivity index (χ4v) is 8.51. The minimum atomic E-state index is -0.0467. The zero-order valence-electron chi connectivity index (χ0n) is 25.7. The summed E-state index contributed by atoms with van der Waals surface area (Å²) in [6.45, 7) is 7.54. The van der Waals surface area contributed by atoms with Crippen LogP contribution in [0.3, 0.4) is 0 Å². The summed E-state index contributed by atoms with van der Waals surface area (Å²) in [5.74, 6) is 0.404. The van der Waals surface area contributed by atoms with Gasteiger partial charge in [0.2, 0.25) is 0 Å². The molecule has 6 rings (SSSR count). The van der Waals surface area contributed by atoms with Gasteiger partial charge >= 0.3 is 6.03 Å². The molecule has 2 aliphatic carbocycles. The average molecular weight is 569 g/mol. The molecule has 0 radical (unpaired) electrons. The Bertz CT molecular complexity index is 1400. The second-order valence-electron chi connectivity index (χ2n) is 13.7. The van der Waals surface area contributed by atoms with E-state index in [0.29, 0.717) is 12.0 Å². The lowest BCUT2D eigenvalue weighted by Crippen LogP contribution is -2.61. The van der Waals surface area contributed by atoms with E-state index >= 15 is 0 Å². The molecule has 2 saturated heterocycles. The van der Waals surface area contributed by atoms with Gasteiger partial charge in [-0.15, -0.1) is 0 Å². The summed E-state index contributed by atoms with van der Waals surface area (Å²) in [6, 6.07) is 13.0. The van der Waals surface area contributed by atoms with Crippen LogP contribution in [0.2, 0.25) is 0 Å². The van der Waals surface area contributed by atoms with Crippen LogP contribution in [0.15, 0.2) is 71.7 Å². The molecule has 0 bridgehead atoms. The third-order valence-corrected chi connectivity index (χ3v) is 11.2. The Morgan fingerprint density at radius 1 is 1.07 bits per heavy atom. The predicted molar refractivity (Wildman–Crippen MR) is 170 cm³/mol. The molecule has 4 atom stereocenters. The number of nitrogens with zero attached hydrogens (tertiary/aromatic N) is 3. The number of likely N-dealkylation sites (tertiary alicyclic amines) is 2. The molecule has 1 aromatic heterocycles. The predicted octanol–water partition coefficient (Wildman–Crippen LogP) is 6.40. The first-order chi connectivity index (χ1) is 20.3. The van der Waals surface area contributed by atoms with E-state index in [2.05, 4.69) is 71.5 Å². The number of hydrogen-bond acceptors (Lipinski definition) is 3. The van der Waals surface area contributed by atoms with Crippen molar-refractivity contribution in [1.29, 1.82) is 0 Å². The second-order valence-corrected chi connectivity index (χ2v) is 13.7. The van der Waals surface area contributed by atoms with Crippen molar-refractivity contribution in [2.75, 3.05) is 26.7 Å². The first-order valence-corrected chi connectivity index (χ1v) is 16.2. The maximum Gasteiger partial charge on any atom is 0.320 e. The van der Waals surface area contributed by atoms with E-state index in [4.69, 9.17) is 0 Å². The van der Waals surface area contributed by atoms with Gasteiger partial charge in [-0.2, -0.15) is 0 Å². The highest BCUT2D eigenvalue weighted by atomic mass is 16.2. The number of rotatable bonds is 5. The third kappa shape index (κ3) is 5.50. The van der Waals surface area contributed by atoms with E-state index in [1.165, 1.54) is 18.4 Å². The molecule has 2 amide bonds. The van der Waals surface area contributed by atoms with E-state index < -0.39 is 0 Å². The molecule has 1 spiro atoms. The molecular formula is C36H48N4O2. The van der Waals surface area contributed by atoms with Gasteiger partial charge in [-0.3, -0.25) is 4.79 Å². The summed E-state index contributed by atoms with van der Waals surface area (Å²) in [5.41, 5.74) is 3.40. The number of piperidine rings is 2. The Labute approximate surface area is 251 Å². The fourth-order valence-electron chi connectivity index (χ4n) is 8.51. The van der Waals surface area contributed by atoms with Crippen molar-refractivity contribution < 1.29 is 4.79 Å². The van der Waals surface area contributed by atoms with E-state index in [9.17, 15) is 9.59 Å². The quantitative estimate of drug-likeness (QED) is 0.454. The minimum Gasteiger partial charge on any atom is -0.324 e. The van der Waals surface area contributed by atoms with Crippen LogP contribution in [0.4, 0.5) is 4.79 Å². The van der Waals surface area contributed by atoms with Crippen molar-refractivity contribution in [1.82, 2.24) is 19.7 Å². The van der Waals surface area contributed by atoms with Crippen LogP contribution >= 0.6 is 0 Å². The van der Waals surface area contributed by atoms with Gasteiger partial charge in [0, 0.05) is 55.9 Å². The second kappa shape index (κ2) is 11.9. The fraction of sp³-hybridized carbons (Fsp3) is 0.556. The number of urea groups is 1. The lowest BCUT2D eigenvalue weighted by atomic mass is 9.69. The first kappa shape index (κ1) is 29.0. The summed E-state index contributed by atoms with van der Waals surface area (Å²) in [4.78, 5) is 32.1. The lowest BCUT2D eigenvalue weighted by Gasteiger charge is -2.52. The smallest absolute Gasteiger partial charge is 0.320 e. The SMILES string of the molecule is CN[C@@H]1CCN(C(=O)N2CC[C@@H](Cn3ccc(-c4ccccc4C)cc3=O)C3(CCCC3)C2)[C@H](C2(C)C=CC=CC2)C1. The van der Waals surface area contributed by atoms with Crippen LogP contribution in [-0.2, 0) is 6.54 Å². The molecule has 4 aliphatic rings. The molecule has 6 nitrogen and oxygen atoms in total. The molecular weight excluding hydrogens is 520 g/mol. The number of amides is 2. The summed E-state index contributed by atoms with van der Waals surface area (Å²) in [5, 5.41) is 3.50. The summed E-state index contributed by atoms with van der Waals surface area (Å²) in [6.07, 6.45) is 19.5. The molecule has 2 aromatic rings. The molecule has 42 heavy (non-hydrogen) atoms. The molecule has 1 aromatic carbocycles. The Morgan fingerprint density at radius 3 is 2.60 bits per heavy atom. The van der Waals surface area contributed by atoms with Crippen molar-refractivity contribution in [3.8, 4) is 11.1 Å². The largest absolute Gasteiger partial charge is 0.324 e. The third-order valence-electron chi connectivity index (χ3n) is 11.2. The van der Waals surface area contributed by atoms with Gasteiger partial charge in [0.1, 0.15) is 0 Å². The standard InChI is InChI=1S/C36H48N4O2/c1-27-11-5-6-12-31(27)28-13-20-38(33(41)23-28)25-29-14-21-39(26-36(29)18-9-10-19-36)34(42)40-22-15-30(37-3)24-32(40)35(2)16-7-4-8-17-35/h4-8,11-13,16,20,23,29-30,32,37H,9-10,14-15,17-19,21-22,24-26H2,1-3H3/t29-,30+,32-,35?/m0/s1. The number of carbonyl (C=O) groups excluding carboxylic acids is 1. The highest BCUT2D eigenvalue weighted by Gasteiger charge is 2.49. The van der Waals surface area contributed by atoms with E-state index in [1.54, 1.807) is 6.07 Å². The van der Waals surface area contributed by atoms with Gasteiger partial charge in [-0.1, -0.05) is 68.3 Å². The molecule has 1 saturated carbocycles. The van der Waals surface area contributed by atoms with Gasteiger partial charge in [-0.05, 0) is 86.6 Å². The highest BCUT2D eigenvalue weighted by Crippen LogP contribution is 2.50. The van der Waals surface area contributed by atoms with Crippen molar-refractivity contribution in [2.45, 2.75) is 83.8 Å². The zero-order chi connectivity index (χ0) is 29.3. The summed E-state index contributed by atoms with van der Waals surface area (Å²) < 4.78 is 1.92. The highest BCUT2D eigenvalue weighted by molar-refractivity contribution is 5.75. The van der Waals surface area contributed by atoms with Crippen LogP contribution in [0, 0.1) is 23.7 Å². The number of pyridine rings is 1. The zero-order valence-corrected chi connectivity index (χ0v) is 25.7. The maximum absolute atomic E-state index is 14.3. The number of benzene rings is 1. The molecule has 224 valence electrons. The molecule has 1 N–H and O–H groups in total. The number of hydrogen-bond donors (Lipinski definition) is 1. The van der Waals surface area contributed by atoms with Gasteiger partial charge < -0.3 is 19.7 Å². The number of aryl methyl sites for hydroxylation is 1. The van der Waals surface area contributed by atoms with Crippen LogP contribution in [0.1, 0.15) is 63.9 Å². The normalized spacial score (nSPS) is 28.9. The van der Waals surface area contributed by atoms with Gasteiger partial charge in [0.25, 0.3) is 5.56 Å². The van der Waals surface area contributed by atoms with Crippen molar-refractivity contribution in [3.63, 3.8) is 0 Å². The van der Waals surface area contributed by atoms with E-state index in [-0.39, 0.29) is 28.5 Å².